The Morgan fingerprint density at radius 1 is 1.21 bits per heavy atom. The maximum Gasteiger partial charge on any atom is 0.306 e. The van der Waals surface area contributed by atoms with Crippen molar-refractivity contribution in [3.05, 3.63) is 42.5 Å². The molecule has 1 aliphatic heterocycles. The van der Waals surface area contributed by atoms with Gasteiger partial charge in [-0.2, -0.15) is 0 Å². The first-order valence-electron chi connectivity index (χ1n) is 11.3. The molecule has 0 saturated carbocycles. The lowest BCUT2D eigenvalue weighted by atomic mass is 9.86. The highest BCUT2D eigenvalue weighted by Gasteiger charge is 2.40. The Morgan fingerprint density at radius 2 is 1.91 bits per heavy atom. The summed E-state index contributed by atoms with van der Waals surface area (Å²) < 4.78 is 33.1. The van der Waals surface area contributed by atoms with Gasteiger partial charge in [-0.1, -0.05) is 44.9 Å². The van der Waals surface area contributed by atoms with Gasteiger partial charge in [0, 0.05) is 32.4 Å². The molecule has 1 aliphatic rings. The number of nitrogens with zero attached hydrogens (tertiary/aromatic N) is 2. The molecule has 0 radical (unpaired) electrons. The van der Waals surface area contributed by atoms with Crippen LogP contribution in [0.3, 0.4) is 0 Å². The van der Waals surface area contributed by atoms with E-state index in [0.717, 1.165) is 24.9 Å². The maximum atomic E-state index is 13.7. The zero-order valence-corrected chi connectivity index (χ0v) is 20.7. The van der Waals surface area contributed by atoms with Crippen molar-refractivity contribution in [2.45, 2.75) is 44.4 Å². The number of aliphatic carboxylic acids is 1. The van der Waals surface area contributed by atoms with Crippen molar-refractivity contribution in [3.8, 4) is 5.75 Å². The van der Waals surface area contributed by atoms with Gasteiger partial charge in [0.2, 0.25) is 0 Å². The molecule has 3 rings (SSSR count). The highest BCUT2D eigenvalue weighted by atomic mass is 32.2. The van der Waals surface area contributed by atoms with Crippen LogP contribution in [0.4, 0.5) is 17.1 Å². The summed E-state index contributed by atoms with van der Waals surface area (Å²) in [5.74, 6) is -0.550. The fourth-order valence-electron chi connectivity index (χ4n) is 4.35. The van der Waals surface area contributed by atoms with Crippen LogP contribution in [-0.2, 0) is 14.6 Å². The first-order chi connectivity index (χ1) is 15.6. The van der Waals surface area contributed by atoms with Crippen molar-refractivity contribution in [1.29, 1.82) is 0 Å². The van der Waals surface area contributed by atoms with Crippen molar-refractivity contribution >= 4 is 32.9 Å². The van der Waals surface area contributed by atoms with E-state index in [2.05, 4.69) is 18.7 Å². The predicted octanol–water partition coefficient (Wildman–Crippen LogP) is 4.73. The number of benzene rings is 2. The van der Waals surface area contributed by atoms with Crippen molar-refractivity contribution in [2.75, 3.05) is 42.8 Å². The van der Waals surface area contributed by atoms with Gasteiger partial charge in [0.15, 0.2) is 9.84 Å². The van der Waals surface area contributed by atoms with E-state index >= 15 is 0 Å². The van der Waals surface area contributed by atoms with E-state index in [-0.39, 0.29) is 23.7 Å². The highest BCUT2D eigenvalue weighted by molar-refractivity contribution is 7.91. The molecule has 0 saturated heterocycles. The molecular weight excluding hydrogens is 440 g/mol. The second-order valence-electron chi connectivity index (χ2n) is 9.27. The van der Waals surface area contributed by atoms with E-state index in [0.29, 0.717) is 23.7 Å². The minimum absolute atomic E-state index is 0.0361. The van der Waals surface area contributed by atoms with Gasteiger partial charge in [-0.05, 0) is 30.0 Å². The lowest BCUT2D eigenvalue weighted by Gasteiger charge is -2.34. The Hall–Kier alpha value is -2.74. The van der Waals surface area contributed by atoms with Crippen molar-refractivity contribution in [3.63, 3.8) is 0 Å². The van der Waals surface area contributed by atoms with Gasteiger partial charge in [-0.3, -0.25) is 4.79 Å². The largest absolute Gasteiger partial charge is 0.491 e. The summed E-state index contributed by atoms with van der Waals surface area (Å²) in [4.78, 5) is 15.1. The standard InChI is InChI=1S/C25H34N2O5S/c1-5-6-13-25(2)17-27(19-10-8-7-9-11-19)21-15-20(26(3)4)22(32-14-12-24(28)29)16-23(21)33(30,31)18-25/h7-11,15-16H,5-6,12-14,17-18H2,1-4H3,(H,28,29). The Labute approximate surface area is 196 Å². The van der Waals surface area contributed by atoms with Crippen LogP contribution in [0.25, 0.3) is 0 Å². The van der Waals surface area contributed by atoms with E-state index in [9.17, 15) is 13.2 Å². The molecule has 0 aromatic heterocycles. The summed E-state index contributed by atoms with van der Waals surface area (Å²) in [7, 11) is 0.0924. The van der Waals surface area contributed by atoms with Gasteiger partial charge in [-0.15, -0.1) is 0 Å². The molecule has 1 N–H and O–H groups in total. The Balaban J connectivity index is 2.19. The van der Waals surface area contributed by atoms with Crippen LogP contribution in [-0.4, -0.2) is 52.5 Å². The SMILES string of the molecule is CCCCC1(C)CN(c2ccccc2)c2cc(N(C)C)c(OCCC(=O)O)cc2S(=O)(=O)C1. The van der Waals surface area contributed by atoms with Gasteiger partial charge in [0.25, 0.3) is 0 Å². The fraction of sp³-hybridized carbons (Fsp3) is 0.480. The summed E-state index contributed by atoms with van der Waals surface area (Å²) in [5, 5.41) is 8.98. The quantitative estimate of drug-likeness (QED) is 0.562. The summed E-state index contributed by atoms with van der Waals surface area (Å²) in [6.45, 7) is 4.71. The van der Waals surface area contributed by atoms with Gasteiger partial charge in [-0.25, -0.2) is 8.42 Å². The van der Waals surface area contributed by atoms with Crippen LogP contribution in [0.5, 0.6) is 5.75 Å². The molecule has 7 nitrogen and oxygen atoms in total. The number of ether oxygens (including phenoxy) is 1. The minimum atomic E-state index is -3.62. The monoisotopic (exact) mass is 474 g/mol. The molecule has 180 valence electrons. The topological polar surface area (TPSA) is 87.2 Å². The number of anilines is 3. The van der Waals surface area contributed by atoms with Crippen LogP contribution in [0.2, 0.25) is 0 Å². The number of fused-ring (bicyclic) bond motifs is 1. The minimum Gasteiger partial charge on any atom is -0.491 e. The third-order valence-electron chi connectivity index (χ3n) is 6.00. The summed E-state index contributed by atoms with van der Waals surface area (Å²) in [6, 6.07) is 13.3. The number of sulfone groups is 1. The number of para-hydroxylation sites is 1. The maximum absolute atomic E-state index is 13.7. The summed E-state index contributed by atoms with van der Waals surface area (Å²) in [5.41, 5.74) is 1.83. The third-order valence-corrected chi connectivity index (χ3v) is 8.08. The lowest BCUT2D eigenvalue weighted by Crippen LogP contribution is -2.35. The molecule has 0 aliphatic carbocycles. The van der Waals surface area contributed by atoms with E-state index in [1.165, 1.54) is 0 Å². The highest BCUT2D eigenvalue weighted by Crippen LogP contribution is 2.46. The summed E-state index contributed by atoms with van der Waals surface area (Å²) in [6.07, 6.45) is 2.60. The van der Waals surface area contributed by atoms with E-state index < -0.39 is 21.2 Å². The van der Waals surface area contributed by atoms with Crippen molar-refractivity contribution in [1.82, 2.24) is 0 Å². The molecule has 0 spiro atoms. The lowest BCUT2D eigenvalue weighted by molar-refractivity contribution is -0.137. The van der Waals surface area contributed by atoms with Crippen LogP contribution < -0.4 is 14.5 Å². The molecule has 33 heavy (non-hydrogen) atoms. The molecule has 8 heteroatoms. The van der Waals surface area contributed by atoms with E-state index in [4.69, 9.17) is 9.84 Å². The molecule has 2 aromatic rings. The molecule has 1 unspecified atom stereocenters. The van der Waals surface area contributed by atoms with Crippen molar-refractivity contribution in [2.24, 2.45) is 5.41 Å². The van der Waals surface area contributed by atoms with Gasteiger partial charge < -0.3 is 19.6 Å². The second kappa shape index (κ2) is 10.0. The Morgan fingerprint density at radius 3 is 2.52 bits per heavy atom. The first kappa shape index (κ1) is 24.9. The average molecular weight is 475 g/mol. The number of hydrogen-bond donors (Lipinski definition) is 1. The third kappa shape index (κ3) is 5.79. The second-order valence-corrected chi connectivity index (χ2v) is 11.2. The number of carbonyl (C=O) groups is 1. The number of carboxylic acids is 1. The molecule has 0 fully saturated rings. The van der Waals surface area contributed by atoms with Gasteiger partial charge in [0.1, 0.15) is 5.75 Å². The zero-order chi connectivity index (χ0) is 24.2. The van der Waals surface area contributed by atoms with Crippen LogP contribution in [0, 0.1) is 5.41 Å². The molecule has 0 amide bonds. The number of rotatable bonds is 9. The predicted molar refractivity (Wildman–Crippen MR) is 132 cm³/mol. The van der Waals surface area contributed by atoms with E-state index in [1.54, 1.807) is 6.07 Å². The van der Waals surface area contributed by atoms with Crippen LogP contribution in [0.1, 0.15) is 39.5 Å². The molecule has 1 heterocycles. The fourth-order valence-corrected chi connectivity index (χ4v) is 6.44. The molecule has 0 bridgehead atoms. The molecule has 2 aromatic carbocycles. The van der Waals surface area contributed by atoms with Crippen LogP contribution in [0.15, 0.2) is 47.4 Å². The smallest absolute Gasteiger partial charge is 0.306 e. The molecular formula is C25H34N2O5S. The Bertz CT molecular complexity index is 1090. The molecule has 1 atom stereocenters. The first-order valence-corrected chi connectivity index (χ1v) is 13.0. The average Bonchev–Trinajstić information content (AvgIpc) is 2.84. The number of carboxylic acid groups (broad SMARTS) is 1. The summed E-state index contributed by atoms with van der Waals surface area (Å²) >= 11 is 0. The normalized spacial score (nSPS) is 19.5. The zero-order valence-electron chi connectivity index (χ0n) is 19.9. The van der Waals surface area contributed by atoms with Gasteiger partial charge >= 0.3 is 5.97 Å². The van der Waals surface area contributed by atoms with Crippen LogP contribution >= 0.6 is 0 Å². The van der Waals surface area contributed by atoms with Crippen molar-refractivity contribution < 1.29 is 23.1 Å². The number of unbranched alkanes of at least 4 members (excludes halogenated alkanes) is 1. The number of hydrogen-bond acceptors (Lipinski definition) is 6. The van der Waals surface area contributed by atoms with E-state index in [1.807, 2.05) is 55.4 Å². The Kier molecular flexibility index (Phi) is 7.57. The van der Waals surface area contributed by atoms with Gasteiger partial charge in [0.05, 0.1) is 35.1 Å².